The van der Waals surface area contributed by atoms with Gasteiger partial charge >= 0.3 is 0 Å². The van der Waals surface area contributed by atoms with Gasteiger partial charge in [-0.1, -0.05) is 178 Å². The highest BCUT2D eigenvalue weighted by Crippen LogP contribution is 2.30. The van der Waals surface area contributed by atoms with Gasteiger partial charge in [0, 0.05) is 0 Å². The fourth-order valence-corrected chi connectivity index (χ4v) is 6.95. The first-order valence-electron chi connectivity index (χ1n) is 20.3. The predicted octanol–water partition coefficient (Wildman–Crippen LogP) is 15.0. The molecule has 0 saturated carbocycles. The van der Waals surface area contributed by atoms with E-state index in [1.807, 2.05) is 0 Å². The third-order valence-electron chi connectivity index (χ3n) is 10.3. The molecule has 4 aromatic rings. The molecule has 0 unspecified atom stereocenters. The van der Waals surface area contributed by atoms with Crippen molar-refractivity contribution in [3.8, 4) is 44.9 Å². The number of hydrogen-bond donors (Lipinski definition) is 0. The van der Waals surface area contributed by atoms with Crippen molar-refractivity contribution < 1.29 is 9.47 Å². The average Bonchev–Trinajstić information content (AvgIpc) is 3.17. The van der Waals surface area contributed by atoms with E-state index in [0.717, 1.165) is 24.7 Å². The molecule has 4 rings (SSSR count). The normalized spacial score (nSPS) is 12.5. The van der Waals surface area contributed by atoms with Crippen molar-refractivity contribution in [1.29, 1.82) is 0 Å². The molecular weight excluding hydrogens is 609 g/mol. The topological polar surface area (TPSA) is 18.5 Å². The lowest BCUT2D eigenvalue weighted by molar-refractivity contribution is 0.225. The van der Waals surface area contributed by atoms with Crippen LogP contribution in [0, 0.1) is 11.8 Å². The van der Waals surface area contributed by atoms with E-state index in [1.54, 1.807) is 0 Å². The van der Waals surface area contributed by atoms with Crippen molar-refractivity contribution >= 4 is 0 Å². The molecule has 0 radical (unpaired) electrons. The molecule has 0 fully saturated rings. The Morgan fingerprint density at radius 1 is 0.320 bits per heavy atom. The molecule has 2 nitrogen and oxygen atoms in total. The van der Waals surface area contributed by atoms with Crippen LogP contribution in [-0.2, 0) is 0 Å². The second-order valence-corrected chi connectivity index (χ2v) is 14.5. The highest BCUT2D eigenvalue weighted by molar-refractivity contribution is 5.73. The van der Waals surface area contributed by atoms with Gasteiger partial charge in [-0.05, 0) is 95.2 Å². The molecule has 4 aromatic carbocycles. The van der Waals surface area contributed by atoms with Crippen LogP contribution < -0.4 is 9.47 Å². The van der Waals surface area contributed by atoms with E-state index in [2.05, 4.69) is 125 Å². The van der Waals surface area contributed by atoms with Crippen molar-refractivity contribution in [1.82, 2.24) is 0 Å². The molecule has 0 bridgehead atoms. The first-order chi connectivity index (χ1) is 24.6. The Kier molecular flexibility index (Phi) is 18.1. The monoisotopic (exact) mass is 675 g/mol. The van der Waals surface area contributed by atoms with E-state index in [1.165, 1.54) is 136 Å². The third kappa shape index (κ3) is 13.7. The summed E-state index contributed by atoms with van der Waals surface area (Å²) in [6, 6.07) is 35.1. The molecule has 0 N–H and O–H groups in total. The Morgan fingerprint density at radius 3 is 0.860 bits per heavy atom. The summed E-state index contributed by atoms with van der Waals surface area (Å²) >= 11 is 0. The lowest BCUT2D eigenvalue weighted by atomic mass is 9.96. The van der Waals surface area contributed by atoms with E-state index in [-0.39, 0.29) is 0 Å². The van der Waals surface area contributed by atoms with E-state index in [4.69, 9.17) is 9.47 Å². The fourth-order valence-electron chi connectivity index (χ4n) is 6.95. The number of unbranched alkanes of at least 4 members (excludes halogenated alkanes) is 8. The van der Waals surface area contributed by atoms with Gasteiger partial charge in [-0.3, -0.25) is 0 Å². The molecule has 2 atom stereocenters. The molecule has 0 aromatic heterocycles. The minimum Gasteiger partial charge on any atom is -0.493 e. The Bertz CT molecular complexity index is 1310. The minimum atomic E-state index is 0.663. The van der Waals surface area contributed by atoms with Crippen LogP contribution in [0.3, 0.4) is 0 Å². The maximum atomic E-state index is 6.28. The molecule has 0 heterocycles. The SMILES string of the molecule is CCCCCC[C@H](CCCC)COc1ccc(-c2ccc(-c3ccc(-c4ccc(OC[C@@H](CCCC)CCCCCC)cc4)cc3)cc2)cc1. The lowest BCUT2D eigenvalue weighted by Crippen LogP contribution is -2.12. The van der Waals surface area contributed by atoms with Crippen LogP contribution in [0.1, 0.15) is 130 Å². The van der Waals surface area contributed by atoms with Crippen LogP contribution in [0.15, 0.2) is 97.1 Å². The van der Waals surface area contributed by atoms with Crippen molar-refractivity contribution in [3.05, 3.63) is 97.1 Å². The van der Waals surface area contributed by atoms with Gasteiger partial charge in [-0.2, -0.15) is 0 Å². The molecule has 0 aliphatic carbocycles. The molecule has 2 heteroatoms. The zero-order valence-corrected chi connectivity index (χ0v) is 31.9. The summed E-state index contributed by atoms with van der Waals surface area (Å²) in [5.41, 5.74) is 7.35. The first-order valence-corrected chi connectivity index (χ1v) is 20.3. The molecule has 0 aliphatic rings. The van der Waals surface area contributed by atoms with Crippen molar-refractivity contribution in [2.75, 3.05) is 13.2 Å². The first kappa shape index (κ1) is 39.3. The molecule has 50 heavy (non-hydrogen) atoms. The van der Waals surface area contributed by atoms with Crippen molar-refractivity contribution in [2.24, 2.45) is 11.8 Å². The third-order valence-corrected chi connectivity index (χ3v) is 10.3. The van der Waals surface area contributed by atoms with Crippen molar-refractivity contribution in [2.45, 2.75) is 130 Å². The van der Waals surface area contributed by atoms with Gasteiger partial charge in [0.05, 0.1) is 13.2 Å². The van der Waals surface area contributed by atoms with Gasteiger partial charge in [0.2, 0.25) is 0 Å². The summed E-state index contributed by atoms with van der Waals surface area (Å²) in [4.78, 5) is 0. The lowest BCUT2D eigenvalue weighted by Gasteiger charge is -2.18. The van der Waals surface area contributed by atoms with Crippen molar-refractivity contribution in [3.63, 3.8) is 0 Å². The summed E-state index contributed by atoms with van der Waals surface area (Å²) in [6.45, 7) is 10.8. The summed E-state index contributed by atoms with van der Waals surface area (Å²) in [5.74, 6) is 3.28. The molecule has 0 amide bonds. The van der Waals surface area contributed by atoms with Gasteiger partial charge in [0.15, 0.2) is 0 Å². The maximum Gasteiger partial charge on any atom is 0.119 e. The number of ether oxygens (including phenoxy) is 2. The second kappa shape index (κ2) is 23.0. The number of hydrogen-bond acceptors (Lipinski definition) is 2. The zero-order valence-electron chi connectivity index (χ0n) is 31.9. The molecule has 0 aliphatic heterocycles. The van der Waals surface area contributed by atoms with Gasteiger partial charge in [0.25, 0.3) is 0 Å². The van der Waals surface area contributed by atoms with E-state index < -0.39 is 0 Å². The van der Waals surface area contributed by atoms with Crippen LogP contribution in [0.2, 0.25) is 0 Å². The molecule has 0 spiro atoms. The largest absolute Gasteiger partial charge is 0.493 e. The Balaban J connectivity index is 1.28. The van der Waals surface area contributed by atoms with Gasteiger partial charge in [-0.25, -0.2) is 0 Å². The summed E-state index contributed by atoms with van der Waals surface area (Å²) in [6.07, 6.45) is 20.9. The van der Waals surface area contributed by atoms with Crippen LogP contribution in [0.5, 0.6) is 11.5 Å². The second-order valence-electron chi connectivity index (χ2n) is 14.5. The summed E-state index contributed by atoms with van der Waals surface area (Å²) in [7, 11) is 0. The highest BCUT2D eigenvalue weighted by Gasteiger charge is 2.12. The van der Waals surface area contributed by atoms with Crippen LogP contribution >= 0.6 is 0 Å². The van der Waals surface area contributed by atoms with Crippen LogP contribution in [0.25, 0.3) is 33.4 Å². The summed E-state index contributed by atoms with van der Waals surface area (Å²) in [5, 5.41) is 0. The van der Waals surface area contributed by atoms with Gasteiger partial charge < -0.3 is 9.47 Å². The van der Waals surface area contributed by atoms with Gasteiger partial charge in [-0.15, -0.1) is 0 Å². The van der Waals surface area contributed by atoms with Gasteiger partial charge in [0.1, 0.15) is 11.5 Å². The average molecular weight is 675 g/mol. The Morgan fingerprint density at radius 2 is 0.580 bits per heavy atom. The minimum absolute atomic E-state index is 0.663. The molecular formula is C48H66O2. The summed E-state index contributed by atoms with van der Waals surface area (Å²) < 4.78 is 12.6. The maximum absolute atomic E-state index is 6.28. The number of benzene rings is 4. The Labute approximate surface area is 306 Å². The van der Waals surface area contributed by atoms with Crippen LogP contribution in [0.4, 0.5) is 0 Å². The van der Waals surface area contributed by atoms with E-state index in [9.17, 15) is 0 Å². The quantitative estimate of drug-likeness (QED) is 0.0651. The zero-order chi connectivity index (χ0) is 35.2. The number of rotatable bonds is 25. The smallest absolute Gasteiger partial charge is 0.119 e. The van der Waals surface area contributed by atoms with E-state index >= 15 is 0 Å². The Hall–Kier alpha value is -3.52. The standard InChI is InChI=1S/C48H66O2/c1-5-9-13-15-19-39(17-11-7-3)37-49-47-33-29-45(30-34-47)43-25-21-41(22-26-43)42-23-27-44(28-24-42)46-31-35-48(36-32-46)50-38-40(18-12-8-4)20-16-14-10-6-2/h21-36,39-40H,5-20,37-38H2,1-4H3/t39-,40-/m0/s1. The predicted molar refractivity (Wildman–Crippen MR) is 217 cm³/mol. The van der Waals surface area contributed by atoms with Crippen LogP contribution in [-0.4, -0.2) is 13.2 Å². The fraction of sp³-hybridized carbons (Fsp3) is 0.500. The molecule has 0 saturated heterocycles. The highest BCUT2D eigenvalue weighted by atomic mass is 16.5. The van der Waals surface area contributed by atoms with E-state index in [0.29, 0.717) is 11.8 Å². The molecule has 270 valence electrons.